The summed E-state index contributed by atoms with van der Waals surface area (Å²) in [4.78, 5) is 4.34. The summed E-state index contributed by atoms with van der Waals surface area (Å²) in [5, 5.41) is 19.5. The Bertz CT molecular complexity index is 1700. The number of halogens is 1. The lowest BCUT2D eigenvalue weighted by molar-refractivity contribution is 0.307. The van der Waals surface area contributed by atoms with Gasteiger partial charge in [-0.25, -0.2) is 4.98 Å². The van der Waals surface area contributed by atoms with Gasteiger partial charge in [-0.1, -0.05) is 41.9 Å². The molecule has 2 aromatic carbocycles. The first-order valence-corrected chi connectivity index (χ1v) is 13.8. The second-order valence-corrected chi connectivity index (χ2v) is 11.2. The maximum absolute atomic E-state index is 12.6. The third kappa shape index (κ3) is 5.07. The highest BCUT2D eigenvalue weighted by atomic mass is 35.5. The summed E-state index contributed by atoms with van der Waals surface area (Å²) in [7, 11) is -3.95. The van der Waals surface area contributed by atoms with E-state index in [2.05, 4.69) is 21.7 Å². The molecule has 38 heavy (non-hydrogen) atoms. The maximum Gasteiger partial charge on any atom is 0.297 e. The fraction of sp³-hybridized carbons (Fsp3) is 0.207. The van der Waals surface area contributed by atoms with Crippen LogP contribution >= 0.6 is 11.6 Å². The average Bonchev–Trinajstić information content (AvgIpc) is 3.74. The van der Waals surface area contributed by atoms with Crippen LogP contribution in [-0.2, 0) is 27.5 Å². The van der Waals surface area contributed by atoms with Crippen LogP contribution in [0.2, 0.25) is 5.15 Å². The summed E-state index contributed by atoms with van der Waals surface area (Å²) in [6.45, 7) is 2.17. The van der Waals surface area contributed by atoms with Crippen molar-refractivity contribution in [2.45, 2.75) is 43.7 Å². The molecule has 4 aromatic rings. The van der Waals surface area contributed by atoms with Crippen LogP contribution in [0.5, 0.6) is 0 Å². The van der Waals surface area contributed by atoms with E-state index < -0.39 is 10.1 Å². The molecule has 0 unspecified atom stereocenters. The minimum Gasteiger partial charge on any atom is -0.342 e. The lowest BCUT2D eigenvalue weighted by Gasteiger charge is -2.13. The Kier molecular flexibility index (Phi) is 7.05. The van der Waals surface area contributed by atoms with E-state index in [0.717, 1.165) is 40.9 Å². The van der Waals surface area contributed by atoms with E-state index in [9.17, 15) is 13.7 Å². The Labute approximate surface area is 226 Å². The first kappa shape index (κ1) is 25.7. The van der Waals surface area contributed by atoms with E-state index in [0.29, 0.717) is 29.2 Å². The number of pyridine rings is 1. The van der Waals surface area contributed by atoms with Crippen LogP contribution < -0.4 is 0 Å². The van der Waals surface area contributed by atoms with Crippen molar-refractivity contribution in [1.82, 2.24) is 9.55 Å². The molecule has 0 aliphatic heterocycles. The number of rotatable bonds is 8. The largest absolute Gasteiger partial charge is 0.342 e. The minimum absolute atomic E-state index is 0.0663. The predicted molar refractivity (Wildman–Crippen MR) is 143 cm³/mol. The topological polar surface area (TPSA) is 109 Å². The Hall–Kier alpha value is -3.95. The van der Waals surface area contributed by atoms with Gasteiger partial charge in [-0.3, -0.25) is 4.18 Å². The average molecular weight is 543 g/mol. The Balaban J connectivity index is 1.48. The van der Waals surface area contributed by atoms with Gasteiger partial charge in [0.05, 0.1) is 28.7 Å². The van der Waals surface area contributed by atoms with Gasteiger partial charge < -0.3 is 4.57 Å². The predicted octanol–water partition coefficient (Wildman–Crippen LogP) is 6.09. The Morgan fingerprint density at radius 1 is 1.08 bits per heavy atom. The van der Waals surface area contributed by atoms with Crippen molar-refractivity contribution in [3.63, 3.8) is 0 Å². The quantitative estimate of drug-likeness (QED) is 0.197. The van der Waals surface area contributed by atoms with Crippen molar-refractivity contribution in [2.24, 2.45) is 0 Å². The molecule has 2 aromatic heterocycles. The zero-order valence-electron chi connectivity index (χ0n) is 20.6. The summed E-state index contributed by atoms with van der Waals surface area (Å²) < 4.78 is 32.6. The van der Waals surface area contributed by atoms with Gasteiger partial charge in [0, 0.05) is 41.2 Å². The standard InChI is InChI=1S/C29H23ClN4O3S/c1-19-27(22-9-7-20(14-31)8-10-22)26(15-32)28(23-11-12-23)34(19)17-21-13-24(29(30)33-16-21)18-37-38(35,36)25-5-3-2-4-6-25/h2-10,13,16,23H,11-12,17-18H2,1H3. The molecule has 5 rings (SSSR count). The highest BCUT2D eigenvalue weighted by molar-refractivity contribution is 7.86. The molecule has 0 saturated heterocycles. The smallest absolute Gasteiger partial charge is 0.297 e. The second-order valence-electron chi connectivity index (χ2n) is 9.20. The molecule has 0 spiro atoms. The SMILES string of the molecule is Cc1c(-c2ccc(C#N)cc2)c(C#N)c(C2CC2)n1Cc1cnc(Cl)c(COS(=O)(=O)c2ccccc2)c1. The molecule has 7 nitrogen and oxygen atoms in total. The minimum atomic E-state index is -3.95. The number of nitrogens with zero attached hydrogens (tertiary/aromatic N) is 4. The molecule has 0 atom stereocenters. The Morgan fingerprint density at radius 3 is 2.42 bits per heavy atom. The number of hydrogen-bond donors (Lipinski definition) is 0. The lowest BCUT2D eigenvalue weighted by atomic mass is 9.99. The number of nitriles is 2. The molecular formula is C29H23ClN4O3S. The van der Waals surface area contributed by atoms with E-state index in [1.165, 1.54) is 12.1 Å². The van der Waals surface area contributed by atoms with Crippen molar-refractivity contribution in [2.75, 3.05) is 0 Å². The molecule has 0 bridgehead atoms. The molecule has 1 aliphatic carbocycles. The Morgan fingerprint density at radius 2 is 1.79 bits per heavy atom. The van der Waals surface area contributed by atoms with E-state index in [4.69, 9.17) is 21.0 Å². The zero-order valence-corrected chi connectivity index (χ0v) is 22.1. The third-order valence-electron chi connectivity index (χ3n) is 6.65. The van der Waals surface area contributed by atoms with Crippen LogP contribution in [-0.4, -0.2) is 18.0 Å². The van der Waals surface area contributed by atoms with Gasteiger partial charge in [0.2, 0.25) is 0 Å². The van der Waals surface area contributed by atoms with Crippen LogP contribution in [0.4, 0.5) is 0 Å². The van der Waals surface area contributed by atoms with Gasteiger partial charge in [-0.15, -0.1) is 0 Å². The molecule has 0 radical (unpaired) electrons. The van der Waals surface area contributed by atoms with Crippen molar-refractivity contribution in [3.05, 3.63) is 106 Å². The lowest BCUT2D eigenvalue weighted by Crippen LogP contribution is -2.09. The summed E-state index contributed by atoms with van der Waals surface area (Å²) >= 11 is 6.29. The maximum atomic E-state index is 12.6. The van der Waals surface area contributed by atoms with Gasteiger partial charge in [0.25, 0.3) is 10.1 Å². The van der Waals surface area contributed by atoms with Crippen LogP contribution in [0.25, 0.3) is 11.1 Å². The van der Waals surface area contributed by atoms with E-state index in [1.807, 2.05) is 19.1 Å². The first-order valence-electron chi connectivity index (χ1n) is 12.0. The van der Waals surface area contributed by atoms with E-state index in [1.54, 1.807) is 42.6 Å². The van der Waals surface area contributed by atoms with E-state index in [-0.39, 0.29) is 16.7 Å². The highest BCUT2D eigenvalue weighted by Gasteiger charge is 2.33. The third-order valence-corrected chi connectivity index (χ3v) is 8.27. The molecule has 1 fully saturated rings. The summed E-state index contributed by atoms with van der Waals surface area (Å²) in [6, 6.07) is 21.5. The zero-order chi connectivity index (χ0) is 26.9. The van der Waals surface area contributed by atoms with Crippen LogP contribution in [0, 0.1) is 29.6 Å². The number of benzene rings is 2. The molecule has 9 heteroatoms. The van der Waals surface area contributed by atoms with Crippen molar-refractivity contribution >= 4 is 21.7 Å². The van der Waals surface area contributed by atoms with Gasteiger partial charge in [-0.05, 0) is 61.2 Å². The molecule has 0 N–H and O–H groups in total. The fourth-order valence-electron chi connectivity index (χ4n) is 4.63. The first-order chi connectivity index (χ1) is 18.3. The van der Waals surface area contributed by atoms with Crippen molar-refractivity contribution in [3.8, 4) is 23.3 Å². The van der Waals surface area contributed by atoms with Crippen LogP contribution in [0.3, 0.4) is 0 Å². The summed E-state index contributed by atoms with van der Waals surface area (Å²) in [6.07, 6.45) is 3.68. The molecular weight excluding hydrogens is 520 g/mol. The second kappa shape index (κ2) is 10.4. The fourth-order valence-corrected chi connectivity index (χ4v) is 5.70. The highest BCUT2D eigenvalue weighted by Crippen LogP contribution is 2.46. The molecule has 1 saturated carbocycles. The summed E-state index contributed by atoms with van der Waals surface area (Å²) in [5.41, 5.74) is 6.13. The van der Waals surface area contributed by atoms with Crippen molar-refractivity contribution in [1.29, 1.82) is 10.5 Å². The molecule has 190 valence electrons. The normalized spacial score (nSPS) is 13.2. The molecule has 1 aliphatic rings. The van der Waals surface area contributed by atoms with Gasteiger partial charge in [0.1, 0.15) is 11.2 Å². The van der Waals surface area contributed by atoms with Gasteiger partial charge in [-0.2, -0.15) is 18.9 Å². The molecule has 2 heterocycles. The van der Waals surface area contributed by atoms with Crippen LogP contribution in [0.15, 0.2) is 71.8 Å². The van der Waals surface area contributed by atoms with Gasteiger partial charge >= 0.3 is 0 Å². The summed E-state index contributed by atoms with van der Waals surface area (Å²) in [5.74, 6) is 0.301. The van der Waals surface area contributed by atoms with Gasteiger partial charge in [0.15, 0.2) is 0 Å². The number of hydrogen-bond acceptors (Lipinski definition) is 6. The number of aromatic nitrogens is 2. The molecule has 0 amide bonds. The van der Waals surface area contributed by atoms with E-state index >= 15 is 0 Å². The van der Waals surface area contributed by atoms with Crippen molar-refractivity contribution < 1.29 is 12.6 Å². The van der Waals surface area contributed by atoms with Crippen LogP contribution in [0.1, 0.15) is 52.4 Å². The monoisotopic (exact) mass is 542 g/mol.